The largest absolute Gasteiger partial charge is 0.424 e. The van der Waals surface area contributed by atoms with Crippen LogP contribution in [0.5, 0.6) is 0 Å². The number of aromatic nitrogens is 2. The highest BCUT2D eigenvalue weighted by Crippen LogP contribution is 1.95. The normalized spacial score (nSPS) is 10.6. The van der Waals surface area contributed by atoms with Crippen molar-refractivity contribution in [3.8, 4) is 0 Å². The molecule has 5 heteroatoms. The van der Waals surface area contributed by atoms with E-state index in [4.69, 9.17) is 9.15 Å². The summed E-state index contributed by atoms with van der Waals surface area (Å²) in [5.74, 6) is 1.22. The molecule has 0 spiro atoms. The summed E-state index contributed by atoms with van der Waals surface area (Å²) in [4.78, 5) is 0. The lowest BCUT2D eigenvalue weighted by Gasteiger charge is -2.00. The second kappa shape index (κ2) is 5.66. The molecule has 1 aromatic heterocycles. The van der Waals surface area contributed by atoms with Gasteiger partial charge in [0.15, 0.2) is 0 Å². The Morgan fingerprint density at radius 2 is 2.31 bits per heavy atom. The van der Waals surface area contributed by atoms with Crippen molar-refractivity contribution in [1.82, 2.24) is 15.5 Å². The molecule has 1 heterocycles. The van der Waals surface area contributed by atoms with Crippen LogP contribution in [-0.2, 0) is 11.3 Å². The van der Waals surface area contributed by atoms with Crippen LogP contribution < -0.4 is 5.32 Å². The van der Waals surface area contributed by atoms with Gasteiger partial charge >= 0.3 is 0 Å². The molecule has 0 aliphatic heterocycles. The summed E-state index contributed by atoms with van der Waals surface area (Å²) in [6, 6.07) is 0. The maximum absolute atomic E-state index is 5.16. The SMILES string of the molecule is CCOCCNCc1nnc(C)o1. The minimum Gasteiger partial charge on any atom is -0.424 e. The van der Waals surface area contributed by atoms with Gasteiger partial charge in [-0.3, -0.25) is 0 Å². The first kappa shape index (κ1) is 10.1. The lowest BCUT2D eigenvalue weighted by atomic mass is 10.6. The molecule has 0 unspecified atom stereocenters. The minimum atomic E-state index is 0.599. The van der Waals surface area contributed by atoms with E-state index in [2.05, 4.69) is 15.5 Å². The number of hydrogen-bond donors (Lipinski definition) is 1. The molecule has 0 aromatic carbocycles. The van der Waals surface area contributed by atoms with Gasteiger partial charge < -0.3 is 14.5 Å². The zero-order valence-electron chi connectivity index (χ0n) is 8.04. The van der Waals surface area contributed by atoms with Gasteiger partial charge in [0.2, 0.25) is 11.8 Å². The summed E-state index contributed by atoms with van der Waals surface area (Å²) in [6.45, 7) is 6.62. The molecule has 1 rings (SSSR count). The molecule has 0 radical (unpaired) electrons. The van der Waals surface area contributed by atoms with E-state index < -0.39 is 0 Å². The summed E-state index contributed by atoms with van der Waals surface area (Å²) in [6.07, 6.45) is 0. The maximum atomic E-state index is 5.16. The van der Waals surface area contributed by atoms with Crippen LogP contribution in [0, 0.1) is 6.92 Å². The smallest absolute Gasteiger partial charge is 0.230 e. The first-order chi connectivity index (χ1) is 6.33. The van der Waals surface area contributed by atoms with E-state index in [1.807, 2.05) is 6.92 Å². The van der Waals surface area contributed by atoms with Gasteiger partial charge in [-0.15, -0.1) is 10.2 Å². The van der Waals surface area contributed by atoms with Crippen LogP contribution in [0.15, 0.2) is 4.42 Å². The van der Waals surface area contributed by atoms with Crippen LogP contribution in [0.2, 0.25) is 0 Å². The van der Waals surface area contributed by atoms with Gasteiger partial charge in [-0.25, -0.2) is 0 Å². The summed E-state index contributed by atoms with van der Waals surface area (Å²) in [5, 5.41) is 10.7. The van der Waals surface area contributed by atoms with Crippen LogP contribution in [0.3, 0.4) is 0 Å². The molecule has 0 fully saturated rings. The van der Waals surface area contributed by atoms with E-state index >= 15 is 0 Å². The second-order valence-corrected chi connectivity index (χ2v) is 2.59. The Kier molecular flexibility index (Phi) is 4.42. The predicted molar refractivity (Wildman–Crippen MR) is 47.2 cm³/mol. The topological polar surface area (TPSA) is 60.2 Å². The van der Waals surface area contributed by atoms with Gasteiger partial charge in [-0.1, -0.05) is 0 Å². The highest BCUT2D eigenvalue weighted by Gasteiger charge is 1.99. The Morgan fingerprint density at radius 1 is 1.46 bits per heavy atom. The van der Waals surface area contributed by atoms with Crippen molar-refractivity contribution in [3.05, 3.63) is 11.8 Å². The number of rotatable bonds is 6. The van der Waals surface area contributed by atoms with Crippen LogP contribution in [0.4, 0.5) is 0 Å². The maximum Gasteiger partial charge on any atom is 0.230 e. The van der Waals surface area contributed by atoms with E-state index in [0.29, 0.717) is 24.9 Å². The Hall–Kier alpha value is -0.940. The third-order valence-corrected chi connectivity index (χ3v) is 1.47. The quantitative estimate of drug-likeness (QED) is 0.654. The number of ether oxygens (including phenoxy) is 1. The van der Waals surface area contributed by atoms with E-state index in [1.54, 1.807) is 6.92 Å². The summed E-state index contributed by atoms with van der Waals surface area (Å²) < 4.78 is 10.3. The van der Waals surface area contributed by atoms with E-state index in [-0.39, 0.29) is 0 Å². The van der Waals surface area contributed by atoms with Gasteiger partial charge in [0, 0.05) is 20.1 Å². The predicted octanol–water partition coefficient (Wildman–Crippen LogP) is 0.504. The number of nitrogens with zero attached hydrogens (tertiary/aromatic N) is 2. The molecule has 0 saturated heterocycles. The fraction of sp³-hybridized carbons (Fsp3) is 0.750. The second-order valence-electron chi connectivity index (χ2n) is 2.59. The monoisotopic (exact) mass is 185 g/mol. The van der Waals surface area contributed by atoms with Crippen LogP contribution in [0.25, 0.3) is 0 Å². The zero-order valence-corrected chi connectivity index (χ0v) is 8.04. The van der Waals surface area contributed by atoms with E-state index in [0.717, 1.165) is 13.2 Å². The van der Waals surface area contributed by atoms with Crippen LogP contribution in [0.1, 0.15) is 18.7 Å². The number of hydrogen-bond acceptors (Lipinski definition) is 5. The number of aryl methyl sites for hydroxylation is 1. The molecule has 1 aromatic rings. The molecule has 5 nitrogen and oxygen atoms in total. The average molecular weight is 185 g/mol. The lowest BCUT2D eigenvalue weighted by molar-refractivity contribution is 0.148. The van der Waals surface area contributed by atoms with Gasteiger partial charge in [-0.05, 0) is 6.92 Å². The molecule has 1 N–H and O–H groups in total. The van der Waals surface area contributed by atoms with Crippen LogP contribution >= 0.6 is 0 Å². The first-order valence-electron chi connectivity index (χ1n) is 4.40. The van der Waals surface area contributed by atoms with Crippen molar-refractivity contribution in [2.24, 2.45) is 0 Å². The molecule has 0 aliphatic carbocycles. The Morgan fingerprint density at radius 3 is 2.92 bits per heavy atom. The van der Waals surface area contributed by atoms with Gasteiger partial charge in [0.25, 0.3) is 0 Å². The van der Waals surface area contributed by atoms with E-state index in [9.17, 15) is 0 Å². The van der Waals surface area contributed by atoms with Crippen molar-refractivity contribution in [2.75, 3.05) is 19.8 Å². The van der Waals surface area contributed by atoms with Crippen LogP contribution in [-0.4, -0.2) is 30.0 Å². The summed E-state index contributed by atoms with van der Waals surface area (Å²) >= 11 is 0. The fourth-order valence-corrected chi connectivity index (χ4v) is 0.893. The van der Waals surface area contributed by atoms with Crippen molar-refractivity contribution in [2.45, 2.75) is 20.4 Å². The Labute approximate surface area is 77.5 Å². The van der Waals surface area contributed by atoms with Crippen molar-refractivity contribution in [3.63, 3.8) is 0 Å². The minimum absolute atomic E-state index is 0.599. The molecule has 0 bridgehead atoms. The fourth-order valence-electron chi connectivity index (χ4n) is 0.893. The average Bonchev–Trinajstić information content (AvgIpc) is 2.51. The molecule has 0 atom stereocenters. The van der Waals surface area contributed by atoms with Gasteiger partial charge in [0.05, 0.1) is 13.2 Å². The molecule has 0 aliphatic rings. The molecular formula is C8H15N3O2. The molecule has 13 heavy (non-hydrogen) atoms. The lowest BCUT2D eigenvalue weighted by Crippen LogP contribution is -2.19. The van der Waals surface area contributed by atoms with Crippen molar-refractivity contribution >= 4 is 0 Å². The van der Waals surface area contributed by atoms with Crippen molar-refractivity contribution in [1.29, 1.82) is 0 Å². The summed E-state index contributed by atoms with van der Waals surface area (Å²) in [5.41, 5.74) is 0. The summed E-state index contributed by atoms with van der Waals surface area (Å²) in [7, 11) is 0. The van der Waals surface area contributed by atoms with E-state index in [1.165, 1.54) is 0 Å². The third kappa shape index (κ3) is 4.00. The first-order valence-corrected chi connectivity index (χ1v) is 4.40. The Bertz CT molecular complexity index is 237. The standard InChI is InChI=1S/C8H15N3O2/c1-3-12-5-4-9-6-8-11-10-7(2)13-8/h9H,3-6H2,1-2H3. The molecule has 74 valence electrons. The zero-order chi connectivity index (χ0) is 9.52. The van der Waals surface area contributed by atoms with Gasteiger partial charge in [0.1, 0.15) is 0 Å². The highest BCUT2D eigenvalue weighted by molar-refractivity contribution is 4.77. The molecule has 0 amide bonds. The Balaban J connectivity index is 2.06. The third-order valence-electron chi connectivity index (χ3n) is 1.47. The molecular weight excluding hydrogens is 170 g/mol. The highest BCUT2D eigenvalue weighted by atomic mass is 16.5. The number of nitrogens with one attached hydrogen (secondary N) is 1. The molecule has 0 saturated carbocycles. The van der Waals surface area contributed by atoms with Crippen molar-refractivity contribution < 1.29 is 9.15 Å². The van der Waals surface area contributed by atoms with Gasteiger partial charge in [-0.2, -0.15) is 0 Å².